The third-order valence-corrected chi connectivity index (χ3v) is 3.75. The van der Waals surface area contributed by atoms with Crippen LogP contribution in [0.5, 0.6) is 0 Å². The molecule has 0 fully saturated rings. The van der Waals surface area contributed by atoms with Gasteiger partial charge in [-0.1, -0.05) is 23.7 Å². The lowest BCUT2D eigenvalue weighted by atomic mass is 9.99. The van der Waals surface area contributed by atoms with Crippen molar-refractivity contribution in [3.8, 4) is 6.07 Å². The molecule has 2 aliphatic rings. The maximum Gasteiger partial charge on any atom is 0.144 e. The van der Waals surface area contributed by atoms with E-state index in [2.05, 4.69) is 11.2 Å². The van der Waals surface area contributed by atoms with Gasteiger partial charge >= 0.3 is 0 Å². The van der Waals surface area contributed by atoms with Crippen molar-refractivity contribution < 1.29 is 4.74 Å². The molecule has 2 heterocycles. The van der Waals surface area contributed by atoms with Gasteiger partial charge in [-0.2, -0.15) is 10.4 Å². The van der Waals surface area contributed by atoms with Crippen LogP contribution < -0.4 is 10.7 Å². The molecule has 2 aliphatic heterocycles. The zero-order valence-electron chi connectivity index (χ0n) is 11.8. The molecule has 114 valence electrons. The van der Waals surface area contributed by atoms with Crippen molar-refractivity contribution in [2.24, 2.45) is 10.8 Å². The molecule has 0 unspecified atom stereocenters. The Morgan fingerprint density at radius 2 is 2.23 bits per heavy atom. The van der Waals surface area contributed by atoms with E-state index in [9.17, 15) is 5.26 Å². The lowest BCUT2D eigenvalue weighted by molar-refractivity contribution is 0.199. The van der Waals surface area contributed by atoms with Crippen LogP contribution in [0.1, 0.15) is 5.56 Å². The Bertz CT molecular complexity index is 726. The standard InChI is InChI=1S/C15H13ClN4O.ClH/c1-9-3-2-4-12(16)14(9)20-15(18)11(7-17)10-5-6-21-8-13(10)19-20;/h2-5H,6,8,18H2,1H3;1H. The number of rotatable bonds is 1. The number of benzene rings is 1. The number of nitriles is 1. The zero-order chi connectivity index (χ0) is 15.0. The summed E-state index contributed by atoms with van der Waals surface area (Å²) in [5.74, 6) is 0.283. The molecule has 0 atom stereocenters. The van der Waals surface area contributed by atoms with E-state index < -0.39 is 0 Å². The second-order valence-electron chi connectivity index (χ2n) is 4.77. The summed E-state index contributed by atoms with van der Waals surface area (Å²) < 4.78 is 5.37. The monoisotopic (exact) mass is 336 g/mol. The van der Waals surface area contributed by atoms with Crippen molar-refractivity contribution in [2.75, 3.05) is 18.2 Å². The Hall–Kier alpha value is -2.00. The van der Waals surface area contributed by atoms with Crippen LogP contribution in [0.25, 0.3) is 0 Å². The fourth-order valence-corrected chi connectivity index (χ4v) is 2.72. The molecule has 0 saturated carbocycles. The van der Waals surface area contributed by atoms with Crippen LogP contribution in [-0.4, -0.2) is 18.9 Å². The number of anilines is 1. The van der Waals surface area contributed by atoms with E-state index in [1.807, 2.05) is 25.1 Å². The first-order valence-corrected chi connectivity index (χ1v) is 6.82. The summed E-state index contributed by atoms with van der Waals surface area (Å²) >= 11 is 6.28. The van der Waals surface area contributed by atoms with Gasteiger partial charge in [-0.3, -0.25) is 0 Å². The molecular weight excluding hydrogens is 323 g/mol. The van der Waals surface area contributed by atoms with Crippen LogP contribution >= 0.6 is 24.0 Å². The van der Waals surface area contributed by atoms with E-state index in [-0.39, 0.29) is 18.2 Å². The third-order valence-electron chi connectivity index (χ3n) is 3.44. The molecule has 22 heavy (non-hydrogen) atoms. The average molecular weight is 337 g/mol. The van der Waals surface area contributed by atoms with Gasteiger partial charge in [-0.05, 0) is 24.6 Å². The van der Waals surface area contributed by atoms with Gasteiger partial charge in [0.25, 0.3) is 0 Å². The molecule has 0 bridgehead atoms. The molecule has 0 radical (unpaired) electrons. The predicted molar refractivity (Wildman–Crippen MR) is 89.1 cm³/mol. The normalized spacial score (nSPS) is 17.0. The number of hydrogen-bond donors (Lipinski definition) is 1. The van der Waals surface area contributed by atoms with Crippen LogP contribution in [0.3, 0.4) is 0 Å². The van der Waals surface area contributed by atoms with E-state index in [4.69, 9.17) is 22.1 Å². The molecule has 0 amide bonds. The van der Waals surface area contributed by atoms with Crippen molar-refractivity contribution in [3.63, 3.8) is 0 Å². The summed E-state index contributed by atoms with van der Waals surface area (Å²) in [6, 6.07) is 7.71. The minimum absolute atomic E-state index is 0. The first kappa shape index (κ1) is 16.4. The highest BCUT2D eigenvalue weighted by atomic mass is 35.5. The summed E-state index contributed by atoms with van der Waals surface area (Å²) in [5.41, 5.74) is 9.60. The Morgan fingerprint density at radius 1 is 1.45 bits per heavy atom. The average Bonchev–Trinajstić information content (AvgIpc) is 2.47. The number of nitrogens with two attached hydrogens (primary N) is 1. The first-order valence-electron chi connectivity index (χ1n) is 6.44. The fraction of sp³-hybridized carbons (Fsp3) is 0.200. The number of hydrazone groups is 1. The van der Waals surface area contributed by atoms with Gasteiger partial charge in [0.2, 0.25) is 0 Å². The SMILES string of the molecule is Cc1cccc(Cl)c1N1N=C2COCC=C2C(C#N)=C1N.Cl. The second-order valence-corrected chi connectivity index (χ2v) is 5.18. The van der Waals surface area contributed by atoms with Crippen molar-refractivity contribution in [1.29, 1.82) is 5.26 Å². The quantitative estimate of drug-likeness (QED) is 0.855. The van der Waals surface area contributed by atoms with Crippen molar-refractivity contribution in [3.05, 3.63) is 51.8 Å². The Labute approximate surface area is 139 Å². The first-order chi connectivity index (χ1) is 10.1. The predicted octanol–water partition coefficient (Wildman–Crippen LogP) is 2.90. The van der Waals surface area contributed by atoms with Gasteiger partial charge in [0.05, 0.1) is 29.6 Å². The van der Waals surface area contributed by atoms with Crippen molar-refractivity contribution in [1.82, 2.24) is 0 Å². The molecule has 0 spiro atoms. The van der Waals surface area contributed by atoms with Crippen LogP contribution in [0.4, 0.5) is 5.69 Å². The van der Waals surface area contributed by atoms with Gasteiger partial charge < -0.3 is 10.5 Å². The molecule has 5 nitrogen and oxygen atoms in total. The van der Waals surface area contributed by atoms with Gasteiger partial charge in [-0.15, -0.1) is 12.4 Å². The molecule has 0 aliphatic carbocycles. The highest BCUT2D eigenvalue weighted by Crippen LogP contribution is 2.35. The molecule has 0 saturated heterocycles. The zero-order valence-corrected chi connectivity index (χ0v) is 13.4. The Balaban J connectivity index is 0.00000176. The minimum atomic E-state index is 0. The van der Waals surface area contributed by atoms with Gasteiger partial charge in [0.1, 0.15) is 17.5 Å². The number of halogens is 2. The minimum Gasteiger partial charge on any atom is -0.383 e. The van der Waals surface area contributed by atoms with Gasteiger partial charge in [0.15, 0.2) is 0 Å². The van der Waals surface area contributed by atoms with E-state index in [1.165, 1.54) is 5.01 Å². The Morgan fingerprint density at radius 3 is 2.91 bits per heavy atom. The molecule has 7 heteroatoms. The van der Waals surface area contributed by atoms with E-state index in [0.29, 0.717) is 35.2 Å². The number of fused-ring (bicyclic) bond motifs is 1. The summed E-state index contributed by atoms with van der Waals surface area (Å²) in [5, 5.41) is 16.0. The smallest absolute Gasteiger partial charge is 0.144 e. The second kappa shape index (κ2) is 6.41. The van der Waals surface area contributed by atoms with Crippen molar-refractivity contribution in [2.45, 2.75) is 6.92 Å². The Kier molecular flexibility index (Phi) is 4.77. The molecule has 0 aromatic heterocycles. The van der Waals surface area contributed by atoms with Crippen LogP contribution in [0.15, 0.2) is 46.3 Å². The molecule has 3 rings (SSSR count). The summed E-state index contributed by atoms with van der Waals surface area (Å²) in [6.45, 7) is 2.73. The van der Waals surface area contributed by atoms with Gasteiger partial charge in [0, 0.05) is 5.57 Å². The van der Waals surface area contributed by atoms with E-state index >= 15 is 0 Å². The summed E-state index contributed by atoms with van der Waals surface area (Å²) in [4.78, 5) is 0. The molecule has 1 aromatic rings. The molecular formula is C15H14Cl2N4O. The topological polar surface area (TPSA) is 74.6 Å². The van der Waals surface area contributed by atoms with E-state index in [0.717, 1.165) is 11.1 Å². The fourth-order valence-electron chi connectivity index (χ4n) is 2.42. The van der Waals surface area contributed by atoms with E-state index in [1.54, 1.807) is 6.07 Å². The molecule has 2 N–H and O–H groups in total. The number of hydrogen-bond acceptors (Lipinski definition) is 5. The maximum absolute atomic E-state index is 9.42. The number of para-hydroxylation sites is 1. The summed E-state index contributed by atoms with van der Waals surface area (Å²) in [6.07, 6.45) is 1.82. The molecule has 1 aromatic carbocycles. The van der Waals surface area contributed by atoms with Crippen molar-refractivity contribution >= 4 is 35.4 Å². The highest BCUT2D eigenvalue weighted by Gasteiger charge is 2.29. The van der Waals surface area contributed by atoms with Crippen LogP contribution in [-0.2, 0) is 4.74 Å². The lowest BCUT2D eigenvalue weighted by Gasteiger charge is -2.30. The highest BCUT2D eigenvalue weighted by molar-refractivity contribution is 6.33. The van der Waals surface area contributed by atoms with Gasteiger partial charge in [-0.25, -0.2) is 5.01 Å². The lowest BCUT2D eigenvalue weighted by Crippen LogP contribution is -2.35. The number of allylic oxidation sites excluding steroid dienone is 1. The third kappa shape index (κ3) is 2.57. The maximum atomic E-state index is 9.42. The largest absolute Gasteiger partial charge is 0.383 e. The van der Waals surface area contributed by atoms with Crippen LogP contribution in [0, 0.1) is 18.3 Å². The van der Waals surface area contributed by atoms with Crippen LogP contribution in [0.2, 0.25) is 5.02 Å². The summed E-state index contributed by atoms with van der Waals surface area (Å²) in [7, 11) is 0. The number of ether oxygens (including phenoxy) is 1. The number of nitrogens with zero attached hydrogens (tertiary/aromatic N) is 3. The number of aryl methyl sites for hydroxylation is 1.